The third-order valence-electron chi connectivity index (χ3n) is 4.72. The van der Waals surface area contributed by atoms with Gasteiger partial charge in [0.25, 0.3) is 0 Å². The van der Waals surface area contributed by atoms with E-state index in [-0.39, 0.29) is 17.7 Å². The molecule has 27 heavy (non-hydrogen) atoms. The summed E-state index contributed by atoms with van der Waals surface area (Å²) in [6, 6.07) is 15.1. The van der Waals surface area contributed by atoms with Crippen LogP contribution in [0, 0.1) is 12.8 Å². The van der Waals surface area contributed by atoms with Gasteiger partial charge in [-0.15, -0.1) is 0 Å². The number of carbonyl (C=O) groups excluding carboxylic acids is 2. The number of hydrogen-bond acceptors (Lipinski definition) is 4. The second-order valence-electron chi connectivity index (χ2n) is 6.94. The Labute approximate surface area is 159 Å². The lowest BCUT2D eigenvalue weighted by molar-refractivity contribution is -0.123. The van der Waals surface area contributed by atoms with Crippen molar-refractivity contribution in [3.05, 3.63) is 54.1 Å². The number of benzene rings is 2. The molecule has 0 aromatic heterocycles. The Morgan fingerprint density at radius 3 is 2.44 bits per heavy atom. The fourth-order valence-corrected chi connectivity index (χ4v) is 3.20. The van der Waals surface area contributed by atoms with Crippen molar-refractivity contribution in [1.82, 2.24) is 4.90 Å². The minimum Gasteiger partial charge on any atom is -0.457 e. The molecule has 1 aliphatic rings. The number of piperidine rings is 1. The van der Waals surface area contributed by atoms with Crippen molar-refractivity contribution in [3.8, 4) is 11.5 Å². The van der Waals surface area contributed by atoms with Gasteiger partial charge in [-0.3, -0.25) is 14.5 Å². The van der Waals surface area contributed by atoms with E-state index in [4.69, 9.17) is 10.5 Å². The predicted molar refractivity (Wildman–Crippen MR) is 105 cm³/mol. The molecule has 2 aromatic carbocycles. The Morgan fingerprint density at radius 1 is 1.11 bits per heavy atom. The summed E-state index contributed by atoms with van der Waals surface area (Å²) in [7, 11) is 0. The molecule has 1 fully saturated rings. The zero-order valence-electron chi connectivity index (χ0n) is 15.5. The van der Waals surface area contributed by atoms with Crippen molar-refractivity contribution in [1.29, 1.82) is 0 Å². The highest BCUT2D eigenvalue weighted by molar-refractivity contribution is 5.92. The third-order valence-corrected chi connectivity index (χ3v) is 4.72. The zero-order chi connectivity index (χ0) is 19.2. The van der Waals surface area contributed by atoms with Crippen LogP contribution in [0.3, 0.4) is 0 Å². The minimum atomic E-state index is -0.243. The smallest absolute Gasteiger partial charge is 0.238 e. The molecule has 2 aromatic rings. The fourth-order valence-electron chi connectivity index (χ4n) is 3.20. The largest absolute Gasteiger partial charge is 0.457 e. The molecule has 1 heterocycles. The van der Waals surface area contributed by atoms with Crippen LogP contribution in [0.4, 0.5) is 5.69 Å². The topological polar surface area (TPSA) is 84.7 Å². The van der Waals surface area contributed by atoms with Crippen molar-refractivity contribution in [3.63, 3.8) is 0 Å². The van der Waals surface area contributed by atoms with Crippen LogP contribution in [0.1, 0.15) is 18.4 Å². The Kier molecular flexibility index (Phi) is 6.08. The molecule has 0 bridgehead atoms. The zero-order valence-corrected chi connectivity index (χ0v) is 15.5. The van der Waals surface area contributed by atoms with E-state index in [1.807, 2.05) is 60.4 Å². The SMILES string of the molecule is Cc1cccc(Oc2ccc(NC(=O)CN3CCC(C(N)=O)CC3)cc2)c1. The molecule has 2 amide bonds. The quantitative estimate of drug-likeness (QED) is 0.822. The van der Waals surface area contributed by atoms with Gasteiger partial charge in [0.15, 0.2) is 0 Å². The number of likely N-dealkylation sites (tertiary alicyclic amines) is 1. The van der Waals surface area contributed by atoms with Gasteiger partial charge in [0.05, 0.1) is 6.54 Å². The number of anilines is 1. The number of nitrogens with one attached hydrogen (secondary N) is 1. The second kappa shape index (κ2) is 8.68. The molecule has 0 atom stereocenters. The van der Waals surface area contributed by atoms with E-state index in [2.05, 4.69) is 5.32 Å². The summed E-state index contributed by atoms with van der Waals surface area (Å²) in [5.41, 5.74) is 7.20. The van der Waals surface area contributed by atoms with Crippen LogP contribution in [-0.2, 0) is 9.59 Å². The lowest BCUT2D eigenvalue weighted by Crippen LogP contribution is -2.42. The lowest BCUT2D eigenvalue weighted by atomic mass is 9.96. The second-order valence-corrected chi connectivity index (χ2v) is 6.94. The molecule has 0 unspecified atom stereocenters. The first-order valence-electron chi connectivity index (χ1n) is 9.16. The van der Waals surface area contributed by atoms with E-state index in [1.54, 1.807) is 0 Å². The third kappa shape index (κ3) is 5.56. The molecule has 0 saturated carbocycles. The summed E-state index contributed by atoms with van der Waals surface area (Å²) in [5, 5.41) is 2.90. The summed E-state index contributed by atoms with van der Waals surface area (Å²) < 4.78 is 5.81. The molecule has 6 nitrogen and oxygen atoms in total. The van der Waals surface area contributed by atoms with Gasteiger partial charge in [-0.2, -0.15) is 0 Å². The van der Waals surface area contributed by atoms with E-state index in [0.717, 1.165) is 17.0 Å². The van der Waals surface area contributed by atoms with E-state index in [9.17, 15) is 9.59 Å². The maximum atomic E-state index is 12.2. The highest BCUT2D eigenvalue weighted by Gasteiger charge is 2.24. The number of aryl methyl sites for hydroxylation is 1. The summed E-state index contributed by atoms with van der Waals surface area (Å²) in [6.45, 7) is 3.75. The van der Waals surface area contributed by atoms with Gasteiger partial charge in [0.1, 0.15) is 11.5 Å². The summed E-state index contributed by atoms with van der Waals surface area (Å²) in [6.07, 6.45) is 1.43. The number of hydrogen-bond donors (Lipinski definition) is 2. The first-order valence-corrected chi connectivity index (χ1v) is 9.16. The van der Waals surface area contributed by atoms with E-state index in [0.29, 0.717) is 38.2 Å². The van der Waals surface area contributed by atoms with Crippen molar-refractivity contribution in [2.75, 3.05) is 25.0 Å². The first kappa shape index (κ1) is 18.9. The Hall–Kier alpha value is -2.86. The number of nitrogens with zero attached hydrogens (tertiary/aromatic N) is 1. The van der Waals surface area contributed by atoms with Crippen LogP contribution in [0.15, 0.2) is 48.5 Å². The Balaban J connectivity index is 1.48. The Bertz CT molecular complexity index is 797. The average Bonchev–Trinajstić information content (AvgIpc) is 2.64. The van der Waals surface area contributed by atoms with Gasteiger partial charge in [0.2, 0.25) is 11.8 Å². The molecule has 1 saturated heterocycles. The van der Waals surface area contributed by atoms with Crippen LogP contribution in [0.2, 0.25) is 0 Å². The van der Waals surface area contributed by atoms with Gasteiger partial charge >= 0.3 is 0 Å². The summed E-state index contributed by atoms with van der Waals surface area (Å²) in [4.78, 5) is 25.5. The van der Waals surface area contributed by atoms with Crippen molar-refractivity contribution >= 4 is 17.5 Å². The normalized spacial score (nSPS) is 15.3. The number of amides is 2. The Morgan fingerprint density at radius 2 is 1.81 bits per heavy atom. The van der Waals surface area contributed by atoms with Crippen molar-refractivity contribution < 1.29 is 14.3 Å². The maximum absolute atomic E-state index is 12.2. The number of carbonyl (C=O) groups is 2. The molecule has 6 heteroatoms. The van der Waals surface area contributed by atoms with Crippen LogP contribution >= 0.6 is 0 Å². The maximum Gasteiger partial charge on any atom is 0.238 e. The van der Waals surface area contributed by atoms with E-state index < -0.39 is 0 Å². The van der Waals surface area contributed by atoms with E-state index >= 15 is 0 Å². The summed E-state index contributed by atoms with van der Waals surface area (Å²) in [5.74, 6) is 1.12. The molecule has 3 N–H and O–H groups in total. The molecule has 142 valence electrons. The van der Waals surface area contributed by atoms with Crippen LogP contribution < -0.4 is 15.8 Å². The average molecular weight is 367 g/mol. The number of rotatable bonds is 6. The number of ether oxygens (including phenoxy) is 1. The monoisotopic (exact) mass is 367 g/mol. The molecule has 1 aliphatic heterocycles. The predicted octanol–water partition coefficient (Wildman–Crippen LogP) is 2.92. The first-order chi connectivity index (χ1) is 13.0. The van der Waals surface area contributed by atoms with Gasteiger partial charge in [-0.05, 0) is 74.8 Å². The van der Waals surface area contributed by atoms with Gasteiger partial charge in [0, 0.05) is 11.6 Å². The lowest BCUT2D eigenvalue weighted by Gasteiger charge is -2.29. The van der Waals surface area contributed by atoms with Crippen LogP contribution in [0.5, 0.6) is 11.5 Å². The van der Waals surface area contributed by atoms with Gasteiger partial charge in [-0.25, -0.2) is 0 Å². The van der Waals surface area contributed by atoms with Gasteiger partial charge in [-0.1, -0.05) is 12.1 Å². The number of primary amides is 1. The highest BCUT2D eigenvalue weighted by atomic mass is 16.5. The van der Waals surface area contributed by atoms with Crippen molar-refractivity contribution in [2.24, 2.45) is 11.7 Å². The fraction of sp³-hybridized carbons (Fsp3) is 0.333. The molecule has 3 rings (SSSR count). The van der Waals surface area contributed by atoms with Crippen LogP contribution in [0.25, 0.3) is 0 Å². The van der Waals surface area contributed by atoms with Crippen LogP contribution in [-0.4, -0.2) is 36.3 Å². The molecule has 0 spiro atoms. The summed E-state index contributed by atoms with van der Waals surface area (Å²) >= 11 is 0. The molecular weight excluding hydrogens is 342 g/mol. The van der Waals surface area contributed by atoms with Crippen molar-refractivity contribution in [2.45, 2.75) is 19.8 Å². The standard InChI is InChI=1S/C21H25N3O3/c1-15-3-2-4-19(13-15)27-18-7-5-17(6-8-18)23-20(25)14-24-11-9-16(10-12-24)21(22)26/h2-8,13,16H,9-12,14H2,1H3,(H2,22,26)(H,23,25). The molecular formula is C21H25N3O3. The number of nitrogens with two attached hydrogens (primary N) is 1. The van der Waals surface area contributed by atoms with E-state index in [1.165, 1.54) is 0 Å². The minimum absolute atomic E-state index is 0.0646. The highest BCUT2D eigenvalue weighted by Crippen LogP contribution is 2.24. The van der Waals surface area contributed by atoms with Gasteiger partial charge < -0.3 is 15.8 Å². The molecule has 0 aliphatic carbocycles. The molecule has 0 radical (unpaired) electrons.